The first-order valence-corrected chi connectivity index (χ1v) is 9.24. The van der Waals surface area contributed by atoms with E-state index in [-0.39, 0.29) is 0 Å². The number of allylic oxidation sites excluding steroid dienone is 10. The van der Waals surface area contributed by atoms with Crippen LogP contribution in [0.2, 0.25) is 0 Å². The van der Waals surface area contributed by atoms with Crippen LogP contribution < -0.4 is 0 Å². The third kappa shape index (κ3) is 20.2. The largest absolute Gasteiger partial charge is 0.481 e. The molecule has 0 aromatic carbocycles. The molecule has 0 aromatic rings. The summed E-state index contributed by atoms with van der Waals surface area (Å²) < 4.78 is 0. The van der Waals surface area contributed by atoms with Gasteiger partial charge in [0.05, 0.1) is 0 Å². The Morgan fingerprint density at radius 2 is 1.12 bits per heavy atom. The molecule has 0 spiro atoms. The fourth-order valence-corrected chi connectivity index (χ4v) is 2.08. The summed E-state index contributed by atoms with van der Waals surface area (Å²) in [7, 11) is 0. The predicted octanol–water partition coefficient (Wildman–Crippen LogP) is 6.77. The van der Waals surface area contributed by atoms with Gasteiger partial charge in [-0.2, -0.15) is 0 Å². The number of carboxylic acid groups (broad SMARTS) is 1. The third-order valence-corrected chi connectivity index (χ3v) is 3.42. The second kappa shape index (κ2) is 19.2. The fourth-order valence-electron chi connectivity index (χ4n) is 2.08. The van der Waals surface area contributed by atoms with Crippen molar-refractivity contribution >= 4 is 5.97 Å². The zero-order valence-electron chi connectivity index (χ0n) is 15.2. The van der Waals surface area contributed by atoms with Gasteiger partial charge in [-0.05, 0) is 51.4 Å². The van der Waals surface area contributed by atoms with Crippen LogP contribution in [0.1, 0.15) is 71.1 Å². The first kappa shape index (κ1) is 22.2. The Bertz CT molecular complexity index is 425. The van der Waals surface area contributed by atoms with Gasteiger partial charge in [-0.1, -0.05) is 74.1 Å². The van der Waals surface area contributed by atoms with Crippen molar-refractivity contribution in [3.63, 3.8) is 0 Å². The molecule has 0 radical (unpaired) electrons. The Morgan fingerprint density at radius 1 is 0.667 bits per heavy atom. The van der Waals surface area contributed by atoms with Gasteiger partial charge in [-0.15, -0.1) is 0 Å². The smallest absolute Gasteiger partial charge is 0.303 e. The maximum absolute atomic E-state index is 10.3. The number of carbonyl (C=O) groups is 1. The van der Waals surface area contributed by atoms with Gasteiger partial charge in [-0.25, -0.2) is 0 Å². The van der Waals surface area contributed by atoms with E-state index in [1.807, 2.05) is 0 Å². The van der Waals surface area contributed by atoms with Gasteiger partial charge in [0, 0.05) is 6.42 Å². The van der Waals surface area contributed by atoms with Gasteiger partial charge in [0.1, 0.15) is 0 Å². The van der Waals surface area contributed by atoms with Crippen LogP contribution in [-0.2, 0) is 4.79 Å². The average Bonchev–Trinajstić information content (AvgIpc) is 2.56. The third-order valence-electron chi connectivity index (χ3n) is 3.42. The van der Waals surface area contributed by atoms with E-state index in [9.17, 15) is 4.79 Å². The Balaban J connectivity index is 3.42. The van der Waals surface area contributed by atoms with Crippen molar-refractivity contribution in [1.29, 1.82) is 0 Å². The minimum Gasteiger partial charge on any atom is -0.481 e. The van der Waals surface area contributed by atoms with Crippen LogP contribution >= 0.6 is 0 Å². The summed E-state index contributed by atoms with van der Waals surface area (Å²) in [5.74, 6) is -0.690. The van der Waals surface area contributed by atoms with Crippen molar-refractivity contribution in [2.24, 2.45) is 0 Å². The second-order valence-electron chi connectivity index (χ2n) is 5.70. The molecule has 0 fully saturated rings. The molecule has 134 valence electrons. The van der Waals surface area contributed by atoms with Gasteiger partial charge >= 0.3 is 5.97 Å². The average molecular weight is 331 g/mol. The summed E-state index contributed by atoms with van der Waals surface area (Å²) >= 11 is 0. The highest BCUT2D eigenvalue weighted by Gasteiger charge is 1.94. The molecule has 0 saturated heterocycles. The molecule has 0 unspecified atom stereocenters. The van der Waals surface area contributed by atoms with Crippen molar-refractivity contribution < 1.29 is 9.90 Å². The van der Waals surface area contributed by atoms with Crippen molar-refractivity contribution in [2.75, 3.05) is 0 Å². The van der Waals surface area contributed by atoms with Crippen LogP contribution in [0.25, 0.3) is 0 Å². The first-order chi connectivity index (χ1) is 11.8. The number of hydrogen-bond acceptors (Lipinski definition) is 1. The lowest BCUT2D eigenvalue weighted by Gasteiger charge is -1.94. The monoisotopic (exact) mass is 330 g/mol. The molecule has 2 nitrogen and oxygen atoms in total. The molecule has 0 aliphatic carbocycles. The lowest BCUT2D eigenvalue weighted by molar-refractivity contribution is -0.137. The standard InChI is InChI=1S/C22H34O2/c1-2-3-4-5-6-7-8-9-10-11-12-13-14-15-16-17-18-19-20-21-22(23)24/h3-4,6-7,9-10,12-13,15-16H,2,5,8,11,14,17-21H2,1H3,(H,23,24)/b4-3+,7-6-,10-9-,13-12-,16-15-. The molecule has 24 heavy (non-hydrogen) atoms. The second-order valence-corrected chi connectivity index (χ2v) is 5.70. The molecule has 0 amide bonds. The van der Waals surface area contributed by atoms with Crippen LogP contribution in [0, 0.1) is 0 Å². The topological polar surface area (TPSA) is 37.3 Å². The summed E-state index contributed by atoms with van der Waals surface area (Å²) in [6.07, 6.45) is 31.3. The maximum Gasteiger partial charge on any atom is 0.303 e. The molecule has 0 rings (SSSR count). The quantitative estimate of drug-likeness (QED) is 0.265. The predicted molar refractivity (Wildman–Crippen MR) is 105 cm³/mol. The van der Waals surface area contributed by atoms with E-state index in [0.717, 1.165) is 57.8 Å². The Kier molecular flexibility index (Phi) is 17.8. The molecule has 0 aliphatic heterocycles. The molecule has 2 heteroatoms. The van der Waals surface area contributed by atoms with Crippen molar-refractivity contribution in [3.05, 3.63) is 60.8 Å². The molecular formula is C22H34O2. The highest BCUT2D eigenvalue weighted by molar-refractivity contribution is 5.66. The van der Waals surface area contributed by atoms with Gasteiger partial charge in [0.25, 0.3) is 0 Å². The number of carboxylic acids is 1. The van der Waals surface area contributed by atoms with E-state index in [2.05, 4.69) is 67.7 Å². The highest BCUT2D eigenvalue weighted by atomic mass is 16.4. The SMILES string of the molecule is CC/C=C/C/C=C\C/C=C\C/C=C\C/C=C\CCCCCC(=O)O. The van der Waals surface area contributed by atoms with E-state index >= 15 is 0 Å². The van der Waals surface area contributed by atoms with E-state index in [4.69, 9.17) is 5.11 Å². The Morgan fingerprint density at radius 3 is 1.58 bits per heavy atom. The summed E-state index contributed by atoms with van der Waals surface area (Å²) in [5.41, 5.74) is 0. The molecule has 1 N–H and O–H groups in total. The van der Waals surface area contributed by atoms with Crippen LogP contribution in [0.3, 0.4) is 0 Å². The zero-order valence-corrected chi connectivity index (χ0v) is 15.2. The van der Waals surface area contributed by atoms with E-state index in [1.54, 1.807) is 0 Å². The Labute approximate surface area is 148 Å². The van der Waals surface area contributed by atoms with Gasteiger partial charge in [0.2, 0.25) is 0 Å². The number of aliphatic carboxylic acids is 1. The lowest BCUT2D eigenvalue weighted by Crippen LogP contribution is -1.93. The minimum atomic E-state index is -0.690. The highest BCUT2D eigenvalue weighted by Crippen LogP contribution is 2.04. The van der Waals surface area contributed by atoms with Gasteiger partial charge < -0.3 is 5.11 Å². The van der Waals surface area contributed by atoms with E-state index in [1.165, 1.54) is 0 Å². The van der Waals surface area contributed by atoms with Crippen LogP contribution in [0.4, 0.5) is 0 Å². The van der Waals surface area contributed by atoms with E-state index in [0.29, 0.717) is 6.42 Å². The molecule has 0 bridgehead atoms. The summed E-state index contributed by atoms with van der Waals surface area (Å²) in [4.78, 5) is 10.3. The summed E-state index contributed by atoms with van der Waals surface area (Å²) in [6.45, 7) is 2.15. The first-order valence-electron chi connectivity index (χ1n) is 9.24. The molecule has 0 heterocycles. The Hall–Kier alpha value is -1.83. The van der Waals surface area contributed by atoms with Crippen molar-refractivity contribution in [1.82, 2.24) is 0 Å². The maximum atomic E-state index is 10.3. The van der Waals surface area contributed by atoms with Gasteiger partial charge in [0.15, 0.2) is 0 Å². The molecule has 0 saturated carbocycles. The fraction of sp³-hybridized carbons (Fsp3) is 0.500. The number of rotatable bonds is 15. The van der Waals surface area contributed by atoms with Crippen molar-refractivity contribution in [3.8, 4) is 0 Å². The van der Waals surface area contributed by atoms with Gasteiger partial charge in [-0.3, -0.25) is 4.79 Å². The normalized spacial score (nSPS) is 12.7. The summed E-state index contributed by atoms with van der Waals surface area (Å²) in [6, 6.07) is 0. The van der Waals surface area contributed by atoms with Crippen molar-refractivity contribution in [2.45, 2.75) is 71.1 Å². The molecule has 0 atom stereocenters. The lowest BCUT2D eigenvalue weighted by atomic mass is 10.1. The zero-order chi connectivity index (χ0) is 17.7. The molecule has 0 aromatic heterocycles. The summed E-state index contributed by atoms with van der Waals surface area (Å²) in [5, 5.41) is 8.52. The minimum absolute atomic E-state index is 0.297. The number of unbranched alkanes of at least 4 members (excludes halogenated alkanes) is 3. The van der Waals surface area contributed by atoms with E-state index < -0.39 is 5.97 Å². The molecular weight excluding hydrogens is 296 g/mol. The van der Waals surface area contributed by atoms with Crippen LogP contribution in [-0.4, -0.2) is 11.1 Å². The van der Waals surface area contributed by atoms with Crippen LogP contribution in [0.15, 0.2) is 60.8 Å². The number of hydrogen-bond donors (Lipinski definition) is 1. The molecule has 0 aliphatic rings. The van der Waals surface area contributed by atoms with Crippen LogP contribution in [0.5, 0.6) is 0 Å².